The van der Waals surface area contributed by atoms with Crippen molar-refractivity contribution in [2.45, 2.75) is 10.9 Å². The van der Waals surface area contributed by atoms with Gasteiger partial charge in [-0.3, -0.25) is 9.10 Å². The number of amides is 1. The van der Waals surface area contributed by atoms with Gasteiger partial charge in [0.15, 0.2) is 0 Å². The number of sulfonamides is 1. The molecule has 0 aliphatic heterocycles. The number of likely N-dealkylation sites (N-methyl/N-ethyl adjacent to an activating group) is 1. The standard InChI is InChI=1S/C23H27N3O4S2/c1-25(2)21(22-9-6-14-31-22)16-24-23(27)17-7-5-8-20(15-17)32(28,29)26(3)18-10-12-19(30-4)13-11-18/h5-15,21H,16H2,1-4H3,(H,24,27)/p+1/t21-/m1/s1. The average Bonchev–Trinajstić information content (AvgIpc) is 3.33. The van der Waals surface area contributed by atoms with Crippen LogP contribution < -0.4 is 19.3 Å². The number of carbonyl (C=O) groups is 1. The largest absolute Gasteiger partial charge is 0.497 e. The number of thiophene rings is 1. The number of carbonyl (C=O) groups excluding carboxylic acids is 1. The molecule has 0 fully saturated rings. The van der Waals surface area contributed by atoms with Gasteiger partial charge in [0.05, 0.1) is 43.2 Å². The Labute approximate surface area is 193 Å². The minimum absolute atomic E-state index is 0.0523. The zero-order valence-corrected chi connectivity index (χ0v) is 20.2. The summed E-state index contributed by atoms with van der Waals surface area (Å²) in [5.74, 6) is 0.329. The van der Waals surface area contributed by atoms with Crippen LogP contribution in [0.3, 0.4) is 0 Å². The summed E-state index contributed by atoms with van der Waals surface area (Å²) in [5, 5.41) is 4.96. The Bertz CT molecular complexity index is 1140. The first-order valence-corrected chi connectivity index (χ1v) is 12.4. The molecule has 1 amide bonds. The smallest absolute Gasteiger partial charge is 0.264 e. The molecule has 170 valence electrons. The molecule has 0 aliphatic carbocycles. The molecule has 1 heterocycles. The van der Waals surface area contributed by atoms with Crippen LogP contribution in [0.1, 0.15) is 21.3 Å². The Balaban J connectivity index is 1.76. The fourth-order valence-electron chi connectivity index (χ4n) is 3.26. The molecule has 3 rings (SSSR count). The van der Waals surface area contributed by atoms with E-state index < -0.39 is 10.0 Å². The van der Waals surface area contributed by atoms with Crippen LogP contribution in [-0.2, 0) is 10.0 Å². The van der Waals surface area contributed by atoms with Crippen molar-refractivity contribution in [2.24, 2.45) is 0 Å². The zero-order valence-electron chi connectivity index (χ0n) is 18.5. The number of ether oxygens (including phenoxy) is 1. The number of quaternary nitrogens is 1. The van der Waals surface area contributed by atoms with E-state index in [0.29, 0.717) is 23.5 Å². The Hall–Kier alpha value is -2.88. The van der Waals surface area contributed by atoms with Crippen LogP contribution >= 0.6 is 11.3 Å². The molecule has 0 unspecified atom stereocenters. The first kappa shape index (κ1) is 23.8. The van der Waals surface area contributed by atoms with Crippen molar-refractivity contribution in [1.82, 2.24) is 5.32 Å². The lowest BCUT2D eigenvalue weighted by atomic mass is 10.2. The molecule has 0 spiro atoms. The normalized spacial score (nSPS) is 12.4. The highest BCUT2D eigenvalue weighted by molar-refractivity contribution is 7.92. The van der Waals surface area contributed by atoms with E-state index in [-0.39, 0.29) is 16.8 Å². The van der Waals surface area contributed by atoms with Gasteiger partial charge in [0.2, 0.25) is 0 Å². The quantitative estimate of drug-likeness (QED) is 0.498. The van der Waals surface area contributed by atoms with Crippen LogP contribution in [-0.4, -0.2) is 49.1 Å². The lowest BCUT2D eigenvalue weighted by molar-refractivity contribution is -0.890. The molecule has 32 heavy (non-hydrogen) atoms. The lowest BCUT2D eigenvalue weighted by Gasteiger charge is -2.21. The topological polar surface area (TPSA) is 80.1 Å². The number of nitrogens with zero attached hydrogens (tertiary/aromatic N) is 1. The van der Waals surface area contributed by atoms with E-state index in [1.165, 1.54) is 33.3 Å². The number of benzene rings is 2. The van der Waals surface area contributed by atoms with E-state index in [1.54, 1.807) is 54.8 Å². The third-order valence-corrected chi connectivity index (χ3v) is 8.01. The van der Waals surface area contributed by atoms with E-state index in [0.717, 1.165) is 0 Å². The first-order chi connectivity index (χ1) is 15.2. The molecule has 2 aromatic carbocycles. The zero-order chi connectivity index (χ0) is 23.3. The maximum atomic E-state index is 13.1. The van der Waals surface area contributed by atoms with E-state index in [9.17, 15) is 13.2 Å². The van der Waals surface area contributed by atoms with Gasteiger partial charge >= 0.3 is 0 Å². The summed E-state index contributed by atoms with van der Waals surface area (Å²) < 4.78 is 32.6. The Morgan fingerprint density at radius 1 is 1.12 bits per heavy atom. The SMILES string of the molecule is COc1ccc(N(C)S(=O)(=O)c2cccc(C(=O)NC[C@H](c3cccs3)[NH+](C)C)c2)cc1. The van der Waals surface area contributed by atoms with Crippen molar-refractivity contribution in [2.75, 3.05) is 39.1 Å². The second-order valence-electron chi connectivity index (χ2n) is 7.55. The summed E-state index contributed by atoms with van der Waals surface area (Å²) in [6.07, 6.45) is 0. The highest BCUT2D eigenvalue weighted by Crippen LogP contribution is 2.25. The summed E-state index contributed by atoms with van der Waals surface area (Å²) in [7, 11) is 3.27. The molecule has 3 aromatic rings. The summed E-state index contributed by atoms with van der Waals surface area (Å²) in [5.41, 5.74) is 0.793. The second kappa shape index (κ2) is 10.2. The van der Waals surface area contributed by atoms with Gasteiger partial charge in [0, 0.05) is 12.6 Å². The fraction of sp³-hybridized carbons (Fsp3) is 0.261. The van der Waals surface area contributed by atoms with E-state index >= 15 is 0 Å². The predicted molar refractivity (Wildman–Crippen MR) is 127 cm³/mol. The van der Waals surface area contributed by atoms with Gasteiger partial charge in [-0.05, 0) is 53.9 Å². The Morgan fingerprint density at radius 2 is 1.84 bits per heavy atom. The summed E-state index contributed by atoms with van der Waals surface area (Å²) in [6, 6.07) is 17.0. The summed E-state index contributed by atoms with van der Waals surface area (Å²) in [4.78, 5) is 15.2. The minimum Gasteiger partial charge on any atom is -0.497 e. The van der Waals surface area contributed by atoms with Crippen LogP contribution in [0.25, 0.3) is 0 Å². The van der Waals surface area contributed by atoms with Crippen molar-refractivity contribution in [3.8, 4) is 5.75 Å². The molecule has 0 radical (unpaired) electrons. The molecule has 0 saturated heterocycles. The van der Waals surface area contributed by atoms with Crippen molar-refractivity contribution in [3.05, 3.63) is 76.5 Å². The van der Waals surface area contributed by atoms with Gasteiger partial charge in [-0.15, -0.1) is 11.3 Å². The van der Waals surface area contributed by atoms with Crippen molar-refractivity contribution < 1.29 is 22.8 Å². The Morgan fingerprint density at radius 3 is 2.44 bits per heavy atom. The number of hydrogen-bond donors (Lipinski definition) is 2. The molecule has 0 saturated carbocycles. The summed E-state index contributed by atoms with van der Waals surface area (Å²) >= 11 is 1.65. The van der Waals surface area contributed by atoms with Crippen LogP contribution in [0.15, 0.2) is 70.9 Å². The molecule has 2 N–H and O–H groups in total. The first-order valence-electron chi connectivity index (χ1n) is 10.1. The predicted octanol–water partition coefficient (Wildman–Crippen LogP) is 2.20. The monoisotopic (exact) mass is 474 g/mol. The maximum Gasteiger partial charge on any atom is 0.264 e. The minimum atomic E-state index is -3.84. The van der Waals surface area contributed by atoms with E-state index in [1.807, 2.05) is 25.5 Å². The van der Waals surface area contributed by atoms with Crippen LogP contribution in [0.5, 0.6) is 5.75 Å². The molecule has 7 nitrogen and oxygen atoms in total. The number of hydrogen-bond acceptors (Lipinski definition) is 5. The van der Waals surface area contributed by atoms with Crippen LogP contribution in [0.2, 0.25) is 0 Å². The number of rotatable bonds is 9. The van der Waals surface area contributed by atoms with E-state index in [2.05, 4.69) is 11.4 Å². The maximum absolute atomic E-state index is 13.1. The van der Waals surface area contributed by atoms with Crippen LogP contribution in [0.4, 0.5) is 5.69 Å². The molecular weight excluding hydrogens is 446 g/mol. The summed E-state index contributed by atoms with van der Waals surface area (Å²) in [6.45, 7) is 0.449. The molecule has 0 aliphatic rings. The van der Waals surface area contributed by atoms with Gasteiger partial charge < -0.3 is 15.0 Å². The molecule has 9 heteroatoms. The van der Waals surface area contributed by atoms with Gasteiger partial charge in [-0.25, -0.2) is 8.42 Å². The second-order valence-corrected chi connectivity index (χ2v) is 10.5. The van der Waals surface area contributed by atoms with Gasteiger partial charge in [-0.1, -0.05) is 12.1 Å². The van der Waals surface area contributed by atoms with Crippen molar-refractivity contribution in [1.29, 1.82) is 0 Å². The van der Waals surface area contributed by atoms with Crippen molar-refractivity contribution >= 4 is 33.0 Å². The van der Waals surface area contributed by atoms with Gasteiger partial charge in [0.25, 0.3) is 15.9 Å². The number of nitrogens with one attached hydrogen (secondary N) is 2. The van der Waals surface area contributed by atoms with Gasteiger partial charge in [0.1, 0.15) is 11.8 Å². The highest BCUT2D eigenvalue weighted by atomic mass is 32.2. The lowest BCUT2D eigenvalue weighted by Crippen LogP contribution is -3.06. The fourth-order valence-corrected chi connectivity index (χ4v) is 5.46. The third kappa shape index (κ3) is 5.29. The third-order valence-electron chi connectivity index (χ3n) is 5.24. The van der Waals surface area contributed by atoms with Crippen LogP contribution in [0, 0.1) is 0 Å². The molecule has 0 bridgehead atoms. The van der Waals surface area contributed by atoms with E-state index in [4.69, 9.17) is 4.74 Å². The molecule has 1 aromatic heterocycles. The number of anilines is 1. The van der Waals surface area contributed by atoms with Gasteiger partial charge in [-0.2, -0.15) is 0 Å². The average molecular weight is 475 g/mol. The molecule has 1 atom stereocenters. The highest BCUT2D eigenvalue weighted by Gasteiger charge is 2.24. The molecular formula is C23H28N3O4S2+. The Kier molecular flexibility index (Phi) is 7.55. The van der Waals surface area contributed by atoms with Crippen molar-refractivity contribution in [3.63, 3.8) is 0 Å². The number of methoxy groups -OCH3 is 1.